The Kier molecular flexibility index (Phi) is 1.48. The molecule has 1 aliphatic carbocycles. The van der Waals surface area contributed by atoms with Gasteiger partial charge in [-0.3, -0.25) is 0 Å². The molecule has 0 saturated heterocycles. The third-order valence-electron chi connectivity index (χ3n) is 2.20. The predicted octanol–water partition coefficient (Wildman–Crippen LogP) is 1.13. The van der Waals surface area contributed by atoms with Crippen molar-refractivity contribution in [3.63, 3.8) is 0 Å². The number of aromatic nitrogens is 3. The summed E-state index contributed by atoms with van der Waals surface area (Å²) in [5.41, 5.74) is 0.599. The Bertz CT molecular complexity index is 338. The van der Waals surface area contributed by atoms with Crippen LogP contribution in [0.15, 0.2) is 4.60 Å². The van der Waals surface area contributed by atoms with E-state index in [1.54, 1.807) is 4.68 Å². The van der Waals surface area contributed by atoms with Crippen LogP contribution in [-0.2, 0) is 12.5 Å². The summed E-state index contributed by atoms with van der Waals surface area (Å²) in [5.74, 6) is 0. The summed E-state index contributed by atoms with van der Waals surface area (Å²) < 4.78 is 2.37. The molecule has 0 radical (unpaired) electrons. The lowest BCUT2D eigenvalue weighted by molar-refractivity contribution is 0.651. The average molecular weight is 227 g/mol. The molecule has 62 valence electrons. The Morgan fingerprint density at radius 1 is 1.67 bits per heavy atom. The molecule has 0 N–H and O–H groups in total. The van der Waals surface area contributed by atoms with Crippen LogP contribution in [0.1, 0.15) is 18.5 Å². The molecule has 0 unspecified atom stereocenters. The van der Waals surface area contributed by atoms with Crippen molar-refractivity contribution in [3.8, 4) is 6.07 Å². The molecular formula is C7H7BrN4. The van der Waals surface area contributed by atoms with Gasteiger partial charge in [0.25, 0.3) is 0 Å². The molecule has 0 amide bonds. The van der Waals surface area contributed by atoms with Crippen molar-refractivity contribution >= 4 is 15.9 Å². The van der Waals surface area contributed by atoms with E-state index < -0.39 is 0 Å². The highest BCUT2D eigenvalue weighted by atomic mass is 79.9. The topological polar surface area (TPSA) is 54.5 Å². The first-order chi connectivity index (χ1) is 5.69. The van der Waals surface area contributed by atoms with Crippen molar-refractivity contribution < 1.29 is 0 Å². The van der Waals surface area contributed by atoms with Crippen molar-refractivity contribution in [2.24, 2.45) is 7.05 Å². The van der Waals surface area contributed by atoms with Gasteiger partial charge in [-0.25, -0.2) is 4.68 Å². The zero-order chi connectivity index (χ0) is 8.77. The zero-order valence-corrected chi connectivity index (χ0v) is 8.17. The lowest BCUT2D eigenvalue weighted by Gasteiger charge is -2.04. The van der Waals surface area contributed by atoms with E-state index in [1.807, 2.05) is 7.05 Å². The van der Waals surface area contributed by atoms with Crippen LogP contribution >= 0.6 is 15.9 Å². The Morgan fingerprint density at radius 2 is 2.33 bits per heavy atom. The minimum absolute atomic E-state index is 0.308. The van der Waals surface area contributed by atoms with Gasteiger partial charge >= 0.3 is 0 Å². The summed E-state index contributed by atoms with van der Waals surface area (Å²) in [6.45, 7) is 0. The minimum atomic E-state index is -0.308. The molecule has 1 heterocycles. The number of hydrogen-bond donors (Lipinski definition) is 0. The molecule has 0 aromatic carbocycles. The highest BCUT2D eigenvalue weighted by molar-refractivity contribution is 9.10. The van der Waals surface area contributed by atoms with Gasteiger partial charge < -0.3 is 0 Å². The molecule has 1 fully saturated rings. The van der Waals surface area contributed by atoms with Gasteiger partial charge in [0, 0.05) is 7.05 Å². The molecule has 2 rings (SSSR count). The highest BCUT2D eigenvalue weighted by Gasteiger charge is 2.49. The molecule has 1 saturated carbocycles. The summed E-state index contributed by atoms with van der Waals surface area (Å²) in [7, 11) is 1.81. The summed E-state index contributed by atoms with van der Waals surface area (Å²) in [4.78, 5) is 0. The second kappa shape index (κ2) is 2.30. The maximum Gasteiger partial charge on any atom is 0.153 e. The summed E-state index contributed by atoms with van der Waals surface area (Å²) >= 11 is 3.29. The van der Waals surface area contributed by atoms with Gasteiger partial charge in [-0.15, -0.1) is 5.10 Å². The van der Waals surface area contributed by atoms with Crippen LogP contribution in [0.3, 0.4) is 0 Å². The standard InChI is InChI=1S/C7H7BrN4/c1-12-5(6(8)10-11-12)7(4-9)2-3-7/h2-3H2,1H3. The normalized spacial score (nSPS) is 18.8. The maximum absolute atomic E-state index is 8.94. The number of rotatable bonds is 1. The van der Waals surface area contributed by atoms with Crippen LogP contribution in [0, 0.1) is 11.3 Å². The summed E-state index contributed by atoms with van der Waals surface area (Å²) in [6, 6.07) is 2.31. The Morgan fingerprint density at radius 3 is 2.67 bits per heavy atom. The molecule has 4 nitrogen and oxygen atoms in total. The number of aryl methyl sites for hydroxylation is 1. The first-order valence-corrected chi connectivity index (χ1v) is 4.46. The third kappa shape index (κ3) is 0.879. The van der Waals surface area contributed by atoms with E-state index in [9.17, 15) is 0 Å². The number of nitrogens with zero attached hydrogens (tertiary/aromatic N) is 4. The largest absolute Gasteiger partial charge is 0.250 e. The molecule has 0 bridgehead atoms. The second-order valence-electron chi connectivity index (χ2n) is 3.05. The molecule has 12 heavy (non-hydrogen) atoms. The third-order valence-corrected chi connectivity index (χ3v) is 2.74. The first kappa shape index (κ1) is 7.74. The van der Waals surface area contributed by atoms with Gasteiger partial charge in [-0.2, -0.15) is 5.26 Å². The van der Waals surface area contributed by atoms with Crippen LogP contribution in [0.5, 0.6) is 0 Å². The van der Waals surface area contributed by atoms with Gasteiger partial charge in [0.2, 0.25) is 0 Å². The van der Waals surface area contributed by atoms with Crippen LogP contribution in [0.25, 0.3) is 0 Å². The van der Waals surface area contributed by atoms with Crippen molar-refractivity contribution in [3.05, 3.63) is 10.3 Å². The summed E-state index contributed by atoms with van der Waals surface area (Å²) in [5, 5.41) is 16.6. The first-order valence-electron chi connectivity index (χ1n) is 3.66. The molecule has 0 aliphatic heterocycles. The summed E-state index contributed by atoms with van der Waals surface area (Å²) in [6.07, 6.45) is 1.84. The lowest BCUT2D eigenvalue weighted by atomic mass is 10.1. The Balaban J connectivity index is 2.54. The quantitative estimate of drug-likeness (QED) is 0.722. The highest BCUT2D eigenvalue weighted by Crippen LogP contribution is 2.48. The molecule has 1 aromatic rings. The SMILES string of the molecule is Cn1nnc(Br)c1C1(C#N)CC1. The average Bonchev–Trinajstić information content (AvgIpc) is 2.77. The van der Waals surface area contributed by atoms with Crippen molar-refractivity contribution in [2.45, 2.75) is 18.3 Å². The Hall–Kier alpha value is -0.890. The lowest BCUT2D eigenvalue weighted by Crippen LogP contribution is -2.10. The number of hydrogen-bond acceptors (Lipinski definition) is 3. The van der Waals surface area contributed by atoms with Crippen LogP contribution < -0.4 is 0 Å². The van der Waals surface area contributed by atoms with Gasteiger partial charge in [-0.05, 0) is 28.8 Å². The van der Waals surface area contributed by atoms with Gasteiger partial charge in [0.15, 0.2) is 4.60 Å². The van der Waals surface area contributed by atoms with Crippen LogP contribution in [-0.4, -0.2) is 15.0 Å². The van der Waals surface area contributed by atoms with Crippen LogP contribution in [0.4, 0.5) is 0 Å². The van der Waals surface area contributed by atoms with E-state index in [-0.39, 0.29) is 5.41 Å². The fourth-order valence-electron chi connectivity index (χ4n) is 1.37. The van der Waals surface area contributed by atoms with E-state index >= 15 is 0 Å². The zero-order valence-electron chi connectivity index (χ0n) is 6.58. The van der Waals surface area contributed by atoms with Crippen LogP contribution in [0.2, 0.25) is 0 Å². The molecular weight excluding hydrogens is 220 g/mol. The van der Waals surface area contributed by atoms with E-state index in [0.717, 1.165) is 18.5 Å². The van der Waals surface area contributed by atoms with Gasteiger partial charge in [0.1, 0.15) is 5.41 Å². The maximum atomic E-state index is 8.94. The minimum Gasteiger partial charge on any atom is -0.250 e. The van der Waals surface area contributed by atoms with Gasteiger partial charge in [0.05, 0.1) is 11.8 Å². The van der Waals surface area contributed by atoms with Crippen molar-refractivity contribution in [1.82, 2.24) is 15.0 Å². The monoisotopic (exact) mass is 226 g/mol. The molecule has 5 heteroatoms. The van der Waals surface area contributed by atoms with E-state index in [2.05, 4.69) is 32.3 Å². The molecule has 1 aliphatic rings. The molecule has 1 aromatic heterocycles. The van der Waals surface area contributed by atoms with E-state index in [1.165, 1.54) is 0 Å². The second-order valence-corrected chi connectivity index (χ2v) is 3.80. The van der Waals surface area contributed by atoms with Crippen molar-refractivity contribution in [2.75, 3.05) is 0 Å². The van der Waals surface area contributed by atoms with E-state index in [0.29, 0.717) is 4.60 Å². The molecule has 0 spiro atoms. The fourth-order valence-corrected chi connectivity index (χ4v) is 2.07. The Labute approximate surface area is 78.3 Å². The number of halogens is 1. The van der Waals surface area contributed by atoms with Gasteiger partial charge in [-0.1, -0.05) is 5.21 Å². The number of nitriles is 1. The smallest absolute Gasteiger partial charge is 0.153 e. The predicted molar refractivity (Wildman–Crippen MR) is 45.2 cm³/mol. The van der Waals surface area contributed by atoms with Crippen molar-refractivity contribution in [1.29, 1.82) is 5.26 Å². The van der Waals surface area contributed by atoms with E-state index in [4.69, 9.17) is 5.26 Å². The fraction of sp³-hybridized carbons (Fsp3) is 0.571. The molecule has 0 atom stereocenters.